The van der Waals surface area contributed by atoms with Gasteiger partial charge in [-0.3, -0.25) is 19.3 Å². The van der Waals surface area contributed by atoms with Crippen LogP contribution >= 0.6 is 0 Å². The Morgan fingerprint density at radius 3 is 2.00 bits per heavy atom. The number of benzene rings is 2. The van der Waals surface area contributed by atoms with Gasteiger partial charge in [0.15, 0.2) is 0 Å². The summed E-state index contributed by atoms with van der Waals surface area (Å²) < 4.78 is 0. The van der Waals surface area contributed by atoms with Crippen LogP contribution in [0.1, 0.15) is 32.1 Å². The lowest BCUT2D eigenvalue weighted by Crippen LogP contribution is -2.34. The van der Waals surface area contributed by atoms with E-state index >= 15 is 0 Å². The van der Waals surface area contributed by atoms with Crippen molar-refractivity contribution in [1.29, 1.82) is 0 Å². The van der Waals surface area contributed by atoms with Gasteiger partial charge >= 0.3 is 0 Å². The summed E-state index contributed by atoms with van der Waals surface area (Å²) in [5.41, 5.74) is 2.59. The second kappa shape index (κ2) is 8.47. The van der Waals surface area contributed by atoms with Crippen LogP contribution in [0.4, 0.5) is 17.1 Å². The Balaban J connectivity index is 1.28. The third-order valence-corrected chi connectivity index (χ3v) is 5.73. The Labute approximate surface area is 170 Å². The Bertz CT molecular complexity index is 871. The first kappa shape index (κ1) is 19.2. The number of amides is 3. The van der Waals surface area contributed by atoms with Crippen molar-refractivity contribution in [1.82, 2.24) is 4.90 Å². The fourth-order valence-corrected chi connectivity index (χ4v) is 4.21. The van der Waals surface area contributed by atoms with Crippen LogP contribution in [0.5, 0.6) is 0 Å². The average Bonchev–Trinajstić information content (AvgIpc) is 2.99. The molecule has 0 bridgehead atoms. The summed E-state index contributed by atoms with van der Waals surface area (Å²) in [6, 6.07) is 17.3. The number of imide groups is 1. The van der Waals surface area contributed by atoms with Crippen molar-refractivity contribution < 1.29 is 14.4 Å². The Kier molecular flexibility index (Phi) is 5.60. The summed E-state index contributed by atoms with van der Waals surface area (Å²) in [7, 11) is 0. The molecular weight excluding hydrogens is 366 g/mol. The molecule has 3 amide bonds. The molecule has 6 nitrogen and oxygen atoms in total. The number of hydrogen-bond acceptors (Lipinski definition) is 4. The first-order valence-corrected chi connectivity index (χ1v) is 10.2. The highest BCUT2D eigenvalue weighted by atomic mass is 16.2. The molecule has 1 heterocycles. The zero-order chi connectivity index (χ0) is 20.2. The molecule has 1 saturated heterocycles. The predicted octanol–water partition coefficient (Wildman–Crippen LogP) is 3.93. The zero-order valence-electron chi connectivity index (χ0n) is 16.3. The maximum Gasteiger partial charge on any atom is 0.233 e. The normalized spacial score (nSPS) is 21.0. The van der Waals surface area contributed by atoms with Gasteiger partial charge in [-0.1, -0.05) is 31.0 Å². The molecule has 1 aliphatic heterocycles. The highest BCUT2D eigenvalue weighted by Crippen LogP contribution is 2.38. The van der Waals surface area contributed by atoms with Crippen LogP contribution in [0.2, 0.25) is 0 Å². The quantitative estimate of drug-likeness (QED) is 0.731. The van der Waals surface area contributed by atoms with E-state index in [2.05, 4.69) is 10.6 Å². The maximum absolute atomic E-state index is 12.5. The van der Waals surface area contributed by atoms with Crippen LogP contribution in [-0.4, -0.2) is 29.2 Å². The van der Waals surface area contributed by atoms with E-state index in [-0.39, 0.29) is 42.5 Å². The number of hydrogen-bond donors (Lipinski definition) is 2. The molecule has 1 aliphatic carbocycles. The van der Waals surface area contributed by atoms with Gasteiger partial charge in [0.05, 0.1) is 11.8 Å². The van der Waals surface area contributed by atoms with Crippen molar-refractivity contribution in [2.45, 2.75) is 32.1 Å². The number of para-hydroxylation sites is 1. The zero-order valence-corrected chi connectivity index (χ0v) is 16.3. The Morgan fingerprint density at radius 2 is 1.38 bits per heavy atom. The Hall–Kier alpha value is -3.15. The van der Waals surface area contributed by atoms with Crippen molar-refractivity contribution in [3.63, 3.8) is 0 Å². The van der Waals surface area contributed by atoms with Crippen LogP contribution in [0.25, 0.3) is 0 Å². The van der Waals surface area contributed by atoms with Crippen molar-refractivity contribution >= 4 is 34.8 Å². The summed E-state index contributed by atoms with van der Waals surface area (Å²) in [4.78, 5) is 38.5. The smallest absolute Gasteiger partial charge is 0.233 e. The van der Waals surface area contributed by atoms with Crippen LogP contribution < -0.4 is 10.6 Å². The lowest BCUT2D eigenvalue weighted by atomic mass is 9.81. The van der Waals surface area contributed by atoms with Gasteiger partial charge < -0.3 is 10.6 Å². The third kappa shape index (κ3) is 4.31. The first-order chi connectivity index (χ1) is 14.1. The maximum atomic E-state index is 12.5. The standard InChI is InChI=1S/C23H25N3O3/c27-21(14-15-26-22(28)19-8-4-5-9-20(19)23(26)29)25-18-12-10-17(11-13-18)24-16-6-2-1-3-7-16/h1-3,6-7,10-13,19-20,24H,4-5,8-9,14-15H2,(H,25,27). The minimum atomic E-state index is -0.204. The summed E-state index contributed by atoms with van der Waals surface area (Å²) in [6.45, 7) is 0.157. The van der Waals surface area contributed by atoms with Gasteiger partial charge in [0.2, 0.25) is 17.7 Å². The summed E-state index contributed by atoms with van der Waals surface area (Å²) in [5, 5.41) is 6.12. The molecular formula is C23H25N3O3. The monoisotopic (exact) mass is 391 g/mol. The van der Waals surface area contributed by atoms with Gasteiger partial charge in [0.1, 0.15) is 0 Å². The van der Waals surface area contributed by atoms with Crippen molar-refractivity contribution in [2.75, 3.05) is 17.2 Å². The highest BCUT2D eigenvalue weighted by molar-refractivity contribution is 6.05. The molecule has 2 aliphatic rings. The number of carbonyl (C=O) groups is 3. The summed E-state index contributed by atoms with van der Waals surface area (Å²) in [6.07, 6.45) is 3.71. The van der Waals surface area contributed by atoms with Crippen LogP contribution in [0, 0.1) is 11.8 Å². The second-order valence-electron chi connectivity index (χ2n) is 7.69. The SMILES string of the molecule is O=C(CCN1C(=O)C2CCCCC2C1=O)Nc1ccc(Nc2ccccc2)cc1. The fourth-order valence-electron chi connectivity index (χ4n) is 4.21. The van der Waals surface area contributed by atoms with Crippen LogP contribution in [0.15, 0.2) is 54.6 Å². The van der Waals surface area contributed by atoms with Gasteiger partial charge in [-0.15, -0.1) is 0 Å². The van der Waals surface area contributed by atoms with Crippen molar-refractivity contribution in [3.8, 4) is 0 Å². The van der Waals surface area contributed by atoms with Crippen molar-refractivity contribution in [2.24, 2.45) is 11.8 Å². The van der Waals surface area contributed by atoms with E-state index in [1.165, 1.54) is 4.90 Å². The van der Waals surface area contributed by atoms with Gasteiger partial charge in [0, 0.05) is 30.0 Å². The molecule has 2 unspecified atom stereocenters. The van der Waals surface area contributed by atoms with Crippen molar-refractivity contribution in [3.05, 3.63) is 54.6 Å². The number of nitrogens with one attached hydrogen (secondary N) is 2. The number of carbonyl (C=O) groups excluding carboxylic acids is 3. The lowest BCUT2D eigenvalue weighted by molar-refractivity contribution is -0.140. The molecule has 150 valence electrons. The molecule has 1 saturated carbocycles. The van der Waals surface area contributed by atoms with Gasteiger partial charge in [0.25, 0.3) is 0 Å². The molecule has 2 N–H and O–H groups in total. The van der Waals surface area contributed by atoms with Gasteiger partial charge in [-0.25, -0.2) is 0 Å². The Morgan fingerprint density at radius 1 is 0.828 bits per heavy atom. The van der Waals surface area contributed by atoms with E-state index in [9.17, 15) is 14.4 Å². The molecule has 2 aromatic carbocycles. The topological polar surface area (TPSA) is 78.5 Å². The number of anilines is 3. The minimum absolute atomic E-state index is 0.0937. The first-order valence-electron chi connectivity index (χ1n) is 10.2. The summed E-state index contributed by atoms with van der Waals surface area (Å²) in [5.74, 6) is -0.718. The molecule has 2 fully saturated rings. The van der Waals surface area contributed by atoms with E-state index in [4.69, 9.17) is 0 Å². The van der Waals surface area contributed by atoms with E-state index in [1.54, 1.807) is 0 Å². The summed E-state index contributed by atoms with van der Waals surface area (Å²) >= 11 is 0. The van der Waals surface area contributed by atoms with E-state index in [0.29, 0.717) is 5.69 Å². The second-order valence-corrected chi connectivity index (χ2v) is 7.69. The molecule has 6 heteroatoms. The molecule has 2 aromatic rings. The van der Waals surface area contributed by atoms with Gasteiger partial charge in [-0.2, -0.15) is 0 Å². The number of likely N-dealkylation sites (tertiary alicyclic amines) is 1. The fraction of sp³-hybridized carbons (Fsp3) is 0.348. The number of rotatable bonds is 6. The average molecular weight is 391 g/mol. The largest absolute Gasteiger partial charge is 0.356 e. The molecule has 0 aromatic heterocycles. The van der Waals surface area contributed by atoms with E-state index in [1.807, 2.05) is 54.6 Å². The molecule has 2 atom stereocenters. The third-order valence-electron chi connectivity index (χ3n) is 5.73. The minimum Gasteiger partial charge on any atom is -0.356 e. The van der Waals surface area contributed by atoms with E-state index in [0.717, 1.165) is 37.1 Å². The van der Waals surface area contributed by atoms with Gasteiger partial charge in [-0.05, 0) is 49.2 Å². The predicted molar refractivity (Wildman–Crippen MR) is 112 cm³/mol. The lowest BCUT2D eigenvalue weighted by Gasteiger charge is -2.19. The van der Waals surface area contributed by atoms with Crippen LogP contribution in [-0.2, 0) is 14.4 Å². The number of fused-ring (bicyclic) bond motifs is 1. The molecule has 29 heavy (non-hydrogen) atoms. The molecule has 0 spiro atoms. The molecule has 0 radical (unpaired) electrons. The highest BCUT2D eigenvalue weighted by Gasteiger charge is 2.47. The number of nitrogens with zero attached hydrogens (tertiary/aromatic N) is 1. The molecule has 4 rings (SSSR count). The van der Waals surface area contributed by atoms with E-state index < -0.39 is 0 Å². The van der Waals surface area contributed by atoms with Crippen LogP contribution in [0.3, 0.4) is 0 Å².